The molecule has 1 N–H and O–H groups in total. The molecule has 25 heavy (non-hydrogen) atoms. The third-order valence-electron chi connectivity index (χ3n) is 4.71. The largest absolute Gasteiger partial charge is 0.481 e. The Bertz CT molecular complexity index is 744. The van der Waals surface area contributed by atoms with Crippen molar-refractivity contribution in [1.82, 2.24) is 9.88 Å². The number of aromatic nitrogens is 1. The first-order valence-corrected chi connectivity index (χ1v) is 9.39. The second-order valence-corrected chi connectivity index (χ2v) is 7.53. The number of carboxylic acid groups (broad SMARTS) is 1. The fraction of sp³-hybridized carbons (Fsp3) is 0.421. The molecule has 1 aliphatic rings. The molecule has 2 aromatic rings. The van der Waals surface area contributed by atoms with Crippen LogP contribution in [0.5, 0.6) is 0 Å². The fourth-order valence-electron chi connectivity index (χ4n) is 3.40. The average molecular weight is 358 g/mol. The number of carbonyl (C=O) groups is 2. The van der Waals surface area contributed by atoms with E-state index in [-0.39, 0.29) is 11.8 Å². The summed E-state index contributed by atoms with van der Waals surface area (Å²) in [6, 6.07) is 9.62. The Kier molecular flexibility index (Phi) is 5.48. The number of amides is 1. The normalized spacial score (nSPS) is 20.0. The van der Waals surface area contributed by atoms with Gasteiger partial charge in [0.15, 0.2) is 0 Å². The molecule has 6 heteroatoms. The van der Waals surface area contributed by atoms with Crippen LogP contribution in [0.4, 0.5) is 0 Å². The van der Waals surface area contributed by atoms with E-state index in [1.165, 1.54) is 0 Å². The number of hydrogen-bond acceptors (Lipinski definition) is 4. The summed E-state index contributed by atoms with van der Waals surface area (Å²) in [5.74, 6) is -1.46. The van der Waals surface area contributed by atoms with Crippen LogP contribution in [0.1, 0.15) is 35.0 Å². The average Bonchev–Trinajstić information content (AvgIpc) is 3.22. The van der Waals surface area contributed by atoms with E-state index in [4.69, 9.17) is 0 Å². The molecular formula is C19H22N2O3S. The molecule has 1 fully saturated rings. The van der Waals surface area contributed by atoms with Crippen LogP contribution < -0.4 is 0 Å². The number of benzene rings is 1. The van der Waals surface area contributed by atoms with Gasteiger partial charge in [0.2, 0.25) is 5.91 Å². The molecule has 0 bridgehead atoms. The van der Waals surface area contributed by atoms with Gasteiger partial charge < -0.3 is 10.0 Å². The maximum Gasteiger partial charge on any atom is 0.308 e. The molecule has 1 aromatic heterocycles. The van der Waals surface area contributed by atoms with Crippen LogP contribution in [-0.2, 0) is 16.0 Å². The molecule has 1 amide bonds. The zero-order chi connectivity index (χ0) is 17.8. The molecule has 3 rings (SSSR count). The van der Waals surface area contributed by atoms with Crippen molar-refractivity contribution in [2.75, 3.05) is 13.1 Å². The van der Waals surface area contributed by atoms with Gasteiger partial charge in [-0.2, -0.15) is 0 Å². The highest BCUT2D eigenvalue weighted by atomic mass is 32.1. The van der Waals surface area contributed by atoms with Crippen molar-refractivity contribution in [2.45, 2.75) is 32.1 Å². The molecule has 0 spiro atoms. The predicted molar refractivity (Wildman–Crippen MR) is 96.7 cm³/mol. The highest BCUT2D eigenvalue weighted by Gasteiger charge is 2.40. The van der Waals surface area contributed by atoms with E-state index in [0.717, 1.165) is 29.1 Å². The lowest BCUT2D eigenvalue weighted by molar-refractivity contribution is -0.141. The monoisotopic (exact) mass is 358 g/mol. The number of aryl methyl sites for hydroxylation is 2. The van der Waals surface area contributed by atoms with Crippen molar-refractivity contribution in [3.8, 4) is 0 Å². The first-order valence-electron chi connectivity index (χ1n) is 8.51. The minimum atomic E-state index is -0.831. The maximum atomic E-state index is 12.5. The molecule has 1 saturated heterocycles. The van der Waals surface area contributed by atoms with E-state index in [2.05, 4.69) is 4.98 Å². The third-order valence-corrected chi connectivity index (χ3v) is 5.53. The minimum Gasteiger partial charge on any atom is -0.481 e. The summed E-state index contributed by atoms with van der Waals surface area (Å²) >= 11 is 1.62. The summed E-state index contributed by atoms with van der Waals surface area (Å²) in [5.41, 5.74) is 2.02. The molecule has 0 aliphatic carbocycles. The van der Waals surface area contributed by atoms with E-state index in [1.807, 2.05) is 42.6 Å². The molecule has 1 aliphatic heterocycles. The Hall–Kier alpha value is -2.21. The number of thiazole rings is 1. The quantitative estimate of drug-likeness (QED) is 0.861. The predicted octanol–water partition coefficient (Wildman–Crippen LogP) is 3.10. The highest BCUT2D eigenvalue weighted by Crippen LogP contribution is 2.33. The van der Waals surface area contributed by atoms with Gasteiger partial charge in [0.05, 0.1) is 16.6 Å². The van der Waals surface area contributed by atoms with Crippen LogP contribution in [0, 0.1) is 12.8 Å². The van der Waals surface area contributed by atoms with Crippen LogP contribution in [-0.4, -0.2) is 40.0 Å². The van der Waals surface area contributed by atoms with Crippen LogP contribution in [0.15, 0.2) is 35.7 Å². The molecule has 0 saturated carbocycles. The topological polar surface area (TPSA) is 70.5 Å². The van der Waals surface area contributed by atoms with Crippen molar-refractivity contribution < 1.29 is 14.7 Å². The van der Waals surface area contributed by atoms with Crippen molar-refractivity contribution in [1.29, 1.82) is 0 Å². The van der Waals surface area contributed by atoms with Crippen LogP contribution in [0.25, 0.3) is 0 Å². The number of rotatable bonds is 6. The lowest BCUT2D eigenvalue weighted by Gasteiger charge is -2.16. The van der Waals surface area contributed by atoms with Gasteiger partial charge in [0.1, 0.15) is 0 Å². The molecule has 2 atom stereocenters. The van der Waals surface area contributed by atoms with Crippen LogP contribution >= 0.6 is 11.3 Å². The SMILES string of the molecule is Cc1nc(CCCC(=O)N2C[C@H](C(=O)O)[C@H](c3ccccc3)C2)cs1. The molecule has 2 heterocycles. The van der Waals surface area contributed by atoms with Gasteiger partial charge in [-0.1, -0.05) is 30.3 Å². The Morgan fingerprint density at radius 1 is 1.28 bits per heavy atom. The number of hydrogen-bond donors (Lipinski definition) is 1. The lowest BCUT2D eigenvalue weighted by atomic mass is 9.89. The summed E-state index contributed by atoms with van der Waals surface area (Å²) in [4.78, 5) is 30.2. The van der Waals surface area contributed by atoms with E-state index in [9.17, 15) is 14.7 Å². The summed E-state index contributed by atoms with van der Waals surface area (Å²) in [6.07, 6.45) is 1.96. The molecule has 0 radical (unpaired) electrons. The highest BCUT2D eigenvalue weighted by molar-refractivity contribution is 7.09. The Balaban J connectivity index is 1.58. The first kappa shape index (κ1) is 17.6. The third kappa shape index (κ3) is 4.25. The Labute approximate surface area is 151 Å². The molecular weight excluding hydrogens is 336 g/mol. The summed E-state index contributed by atoms with van der Waals surface area (Å²) in [5, 5.41) is 12.6. The van der Waals surface area contributed by atoms with Gasteiger partial charge in [-0.25, -0.2) is 4.98 Å². The lowest BCUT2D eigenvalue weighted by Crippen LogP contribution is -2.29. The number of likely N-dealkylation sites (tertiary alicyclic amines) is 1. The number of carbonyl (C=O) groups excluding carboxylic acids is 1. The smallest absolute Gasteiger partial charge is 0.308 e. The zero-order valence-electron chi connectivity index (χ0n) is 14.2. The van der Waals surface area contributed by atoms with Crippen molar-refractivity contribution in [3.05, 3.63) is 52.0 Å². The van der Waals surface area contributed by atoms with Crippen LogP contribution in [0.2, 0.25) is 0 Å². The van der Waals surface area contributed by atoms with Gasteiger partial charge >= 0.3 is 5.97 Å². The molecule has 132 valence electrons. The number of carboxylic acids is 1. The van der Waals surface area contributed by atoms with Crippen molar-refractivity contribution in [2.24, 2.45) is 5.92 Å². The standard InChI is InChI=1S/C19H22N2O3S/c1-13-20-15(12-25-13)8-5-9-18(22)21-10-16(17(11-21)19(23)24)14-6-3-2-4-7-14/h2-4,6-7,12,16-17H,5,8-11H2,1H3,(H,23,24)/t16-,17-/m0/s1. The maximum absolute atomic E-state index is 12.5. The summed E-state index contributed by atoms with van der Waals surface area (Å²) < 4.78 is 0. The first-order chi connectivity index (χ1) is 12.0. The number of aliphatic carboxylic acids is 1. The summed E-state index contributed by atoms with van der Waals surface area (Å²) in [6.45, 7) is 2.75. The molecule has 1 aromatic carbocycles. The van der Waals surface area contributed by atoms with E-state index < -0.39 is 11.9 Å². The molecule has 0 unspecified atom stereocenters. The van der Waals surface area contributed by atoms with E-state index in [0.29, 0.717) is 19.5 Å². The Morgan fingerprint density at radius 3 is 2.68 bits per heavy atom. The summed E-state index contributed by atoms with van der Waals surface area (Å²) in [7, 11) is 0. The Morgan fingerprint density at radius 2 is 2.04 bits per heavy atom. The molecule has 5 nitrogen and oxygen atoms in total. The fourth-order valence-corrected chi connectivity index (χ4v) is 4.04. The van der Waals surface area contributed by atoms with Gasteiger partial charge in [-0.3, -0.25) is 9.59 Å². The van der Waals surface area contributed by atoms with Crippen molar-refractivity contribution in [3.63, 3.8) is 0 Å². The van der Waals surface area contributed by atoms with E-state index in [1.54, 1.807) is 16.2 Å². The number of nitrogens with zero attached hydrogens (tertiary/aromatic N) is 2. The zero-order valence-corrected chi connectivity index (χ0v) is 15.0. The van der Waals surface area contributed by atoms with Gasteiger partial charge in [-0.15, -0.1) is 11.3 Å². The minimum absolute atomic E-state index is 0.0385. The van der Waals surface area contributed by atoms with Gasteiger partial charge in [0, 0.05) is 30.8 Å². The van der Waals surface area contributed by atoms with Gasteiger partial charge in [0.25, 0.3) is 0 Å². The van der Waals surface area contributed by atoms with Crippen molar-refractivity contribution >= 4 is 23.2 Å². The van der Waals surface area contributed by atoms with Gasteiger partial charge in [-0.05, 0) is 25.3 Å². The van der Waals surface area contributed by atoms with Crippen LogP contribution in [0.3, 0.4) is 0 Å². The second kappa shape index (κ2) is 7.78. The second-order valence-electron chi connectivity index (χ2n) is 6.47. The van der Waals surface area contributed by atoms with E-state index >= 15 is 0 Å².